The van der Waals surface area contributed by atoms with Crippen LogP contribution in [0.25, 0.3) is 0 Å². The Hall–Kier alpha value is -3.55. The van der Waals surface area contributed by atoms with Gasteiger partial charge in [-0.05, 0) is 43.7 Å². The van der Waals surface area contributed by atoms with Crippen molar-refractivity contribution in [3.63, 3.8) is 0 Å². The van der Waals surface area contributed by atoms with Gasteiger partial charge in [-0.25, -0.2) is 0 Å². The van der Waals surface area contributed by atoms with Gasteiger partial charge in [-0.3, -0.25) is 14.4 Å². The molecule has 2 aromatic rings. The smallest absolute Gasteiger partial charge is 0.260 e. The highest BCUT2D eigenvalue weighted by Crippen LogP contribution is 2.26. The van der Waals surface area contributed by atoms with Gasteiger partial charge in [-0.1, -0.05) is 18.2 Å². The van der Waals surface area contributed by atoms with Crippen LogP contribution in [-0.4, -0.2) is 66.9 Å². The lowest BCUT2D eigenvalue weighted by molar-refractivity contribution is -0.133. The molecule has 170 valence electrons. The summed E-state index contributed by atoms with van der Waals surface area (Å²) in [6.45, 7) is 5.73. The molecule has 1 heterocycles. The van der Waals surface area contributed by atoms with E-state index < -0.39 is 0 Å². The van der Waals surface area contributed by atoms with Crippen LogP contribution in [0.1, 0.15) is 30.6 Å². The molecule has 0 atom stereocenters. The normalized spacial score (nSPS) is 13.8. The van der Waals surface area contributed by atoms with Gasteiger partial charge >= 0.3 is 0 Å². The van der Waals surface area contributed by atoms with E-state index in [-0.39, 0.29) is 24.3 Å². The lowest BCUT2D eigenvalue weighted by atomic mass is 10.1. The predicted molar refractivity (Wildman–Crippen MR) is 121 cm³/mol. The molecule has 1 aliphatic rings. The summed E-state index contributed by atoms with van der Waals surface area (Å²) >= 11 is 0. The van der Waals surface area contributed by atoms with Gasteiger partial charge in [0.1, 0.15) is 0 Å². The molecule has 0 unspecified atom stereocenters. The SMILES string of the molecule is CCOc1ccccc1OCC(=O)N1CCCN(C(=O)c2cccc(NC(C)=O)c2)CC1. The minimum atomic E-state index is -0.190. The summed E-state index contributed by atoms with van der Waals surface area (Å²) in [6, 6.07) is 14.1. The molecule has 1 fully saturated rings. The van der Waals surface area contributed by atoms with Crippen molar-refractivity contribution in [1.82, 2.24) is 9.80 Å². The number of para-hydroxylation sites is 2. The standard InChI is InChI=1S/C24H29N3O5/c1-3-31-21-10-4-5-11-22(21)32-17-23(29)26-12-7-13-27(15-14-26)24(30)19-8-6-9-20(16-19)25-18(2)28/h4-6,8-11,16H,3,7,12-15,17H2,1-2H3,(H,25,28). The van der Waals surface area contributed by atoms with Crippen molar-refractivity contribution in [2.75, 3.05) is 44.7 Å². The quantitative estimate of drug-likeness (QED) is 0.717. The molecule has 8 heteroatoms. The molecule has 0 saturated carbocycles. The molecule has 1 N–H and O–H groups in total. The molecular formula is C24H29N3O5. The second-order valence-corrected chi connectivity index (χ2v) is 7.46. The van der Waals surface area contributed by atoms with Crippen LogP contribution >= 0.6 is 0 Å². The molecule has 3 amide bonds. The number of nitrogens with one attached hydrogen (secondary N) is 1. The first kappa shape index (κ1) is 23.1. The largest absolute Gasteiger partial charge is 0.490 e. The fourth-order valence-corrected chi connectivity index (χ4v) is 3.56. The first-order valence-electron chi connectivity index (χ1n) is 10.8. The molecule has 0 aliphatic carbocycles. The van der Waals surface area contributed by atoms with E-state index in [2.05, 4.69) is 5.32 Å². The van der Waals surface area contributed by atoms with E-state index in [1.807, 2.05) is 19.1 Å². The van der Waals surface area contributed by atoms with Crippen molar-refractivity contribution in [3.8, 4) is 11.5 Å². The first-order chi connectivity index (χ1) is 15.5. The maximum atomic E-state index is 12.9. The number of benzene rings is 2. The third-order valence-corrected chi connectivity index (χ3v) is 5.07. The molecule has 0 bridgehead atoms. The molecule has 2 aromatic carbocycles. The molecule has 8 nitrogen and oxygen atoms in total. The second-order valence-electron chi connectivity index (χ2n) is 7.46. The van der Waals surface area contributed by atoms with Crippen molar-refractivity contribution in [2.24, 2.45) is 0 Å². The van der Waals surface area contributed by atoms with Crippen LogP contribution in [-0.2, 0) is 9.59 Å². The number of hydrogen-bond donors (Lipinski definition) is 1. The van der Waals surface area contributed by atoms with Gasteiger partial charge in [0.15, 0.2) is 18.1 Å². The number of amides is 3. The van der Waals surface area contributed by atoms with Gasteiger partial charge in [-0.2, -0.15) is 0 Å². The van der Waals surface area contributed by atoms with E-state index in [0.29, 0.717) is 62.0 Å². The van der Waals surface area contributed by atoms with Gasteiger partial charge in [0.2, 0.25) is 5.91 Å². The van der Waals surface area contributed by atoms with E-state index in [1.165, 1.54) is 6.92 Å². The lowest BCUT2D eigenvalue weighted by Crippen LogP contribution is -2.39. The number of anilines is 1. The Kier molecular flexibility index (Phi) is 8.08. The fourth-order valence-electron chi connectivity index (χ4n) is 3.56. The predicted octanol–water partition coefficient (Wildman–Crippen LogP) is 2.80. The number of rotatable bonds is 7. The van der Waals surface area contributed by atoms with Gasteiger partial charge in [0, 0.05) is 44.4 Å². The Bertz CT molecular complexity index is 962. The van der Waals surface area contributed by atoms with Crippen LogP contribution in [0.5, 0.6) is 11.5 Å². The Morgan fingerprint density at radius 3 is 2.31 bits per heavy atom. The maximum absolute atomic E-state index is 12.9. The zero-order chi connectivity index (χ0) is 22.9. The first-order valence-corrected chi connectivity index (χ1v) is 10.8. The molecule has 0 radical (unpaired) electrons. The van der Waals surface area contributed by atoms with Crippen molar-refractivity contribution >= 4 is 23.4 Å². The molecule has 0 aromatic heterocycles. The summed E-state index contributed by atoms with van der Waals surface area (Å²) in [5, 5.41) is 2.69. The monoisotopic (exact) mass is 439 g/mol. The van der Waals surface area contributed by atoms with E-state index in [1.54, 1.807) is 46.2 Å². The van der Waals surface area contributed by atoms with Crippen molar-refractivity contribution in [3.05, 3.63) is 54.1 Å². The summed E-state index contributed by atoms with van der Waals surface area (Å²) in [5.74, 6) is 0.710. The third kappa shape index (κ3) is 6.23. The average molecular weight is 440 g/mol. The van der Waals surface area contributed by atoms with Crippen LogP contribution in [0.2, 0.25) is 0 Å². The van der Waals surface area contributed by atoms with Gasteiger partial charge in [-0.15, -0.1) is 0 Å². The van der Waals surface area contributed by atoms with Crippen molar-refractivity contribution < 1.29 is 23.9 Å². The Morgan fingerprint density at radius 1 is 0.906 bits per heavy atom. The summed E-state index contributed by atoms with van der Waals surface area (Å²) in [4.78, 5) is 40.4. The average Bonchev–Trinajstić information content (AvgIpc) is 3.04. The summed E-state index contributed by atoms with van der Waals surface area (Å²) in [6.07, 6.45) is 0.679. The lowest BCUT2D eigenvalue weighted by Gasteiger charge is -2.22. The zero-order valence-corrected chi connectivity index (χ0v) is 18.5. The minimum absolute atomic E-state index is 0.0865. The molecule has 3 rings (SSSR count). The van der Waals surface area contributed by atoms with Crippen molar-refractivity contribution in [1.29, 1.82) is 0 Å². The van der Waals surface area contributed by atoms with Gasteiger partial charge < -0.3 is 24.6 Å². The number of hydrogen-bond acceptors (Lipinski definition) is 5. The zero-order valence-electron chi connectivity index (χ0n) is 18.5. The fraction of sp³-hybridized carbons (Fsp3) is 0.375. The van der Waals surface area contributed by atoms with E-state index in [4.69, 9.17) is 9.47 Å². The number of carbonyl (C=O) groups is 3. The Balaban J connectivity index is 1.56. The number of carbonyl (C=O) groups excluding carboxylic acids is 3. The Labute approximate surface area is 188 Å². The van der Waals surface area contributed by atoms with E-state index >= 15 is 0 Å². The van der Waals surface area contributed by atoms with Crippen LogP contribution < -0.4 is 14.8 Å². The summed E-state index contributed by atoms with van der Waals surface area (Å²) in [5.41, 5.74) is 1.09. The Morgan fingerprint density at radius 2 is 1.59 bits per heavy atom. The summed E-state index contributed by atoms with van der Waals surface area (Å²) < 4.78 is 11.2. The third-order valence-electron chi connectivity index (χ3n) is 5.07. The van der Waals surface area contributed by atoms with E-state index in [9.17, 15) is 14.4 Å². The second kappa shape index (κ2) is 11.2. The van der Waals surface area contributed by atoms with Crippen LogP contribution in [0.3, 0.4) is 0 Å². The summed E-state index contributed by atoms with van der Waals surface area (Å²) in [7, 11) is 0. The van der Waals surface area contributed by atoms with E-state index in [0.717, 1.165) is 0 Å². The van der Waals surface area contributed by atoms with Gasteiger partial charge in [0.05, 0.1) is 6.61 Å². The minimum Gasteiger partial charge on any atom is -0.490 e. The molecule has 0 spiro atoms. The number of ether oxygens (including phenoxy) is 2. The molecular weight excluding hydrogens is 410 g/mol. The topological polar surface area (TPSA) is 88.2 Å². The number of nitrogens with zero attached hydrogens (tertiary/aromatic N) is 2. The molecule has 1 aliphatic heterocycles. The van der Waals surface area contributed by atoms with Crippen LogP contribution in [0.15, 0.2) is 48.5 Å². The highest BCUT2D eigenvalue weighted by Gasteiger charge is 2.23. The van der Waals surface area contributed by atoms with Gasteiger partial charge in [0.25, 0.3) is 11.8 Å². The molecule has 32 heavy (non-hydrogen) atoms. The molecule has 1 saturated heterocycles. The highest BCUT2D eigenvalue weighted by molar-refractivity contribution is 5.96. The maximum Gasteiger partial charge on any atom is 0.260 e. The van der Waals surface area contributed by atoms with Crippen LogP contribution in [0, 0.1) is 0 Å². The van der Waals surface area contributed by atoms with Crippen molar-refractivity contribution in [2.45, 2.75) is 20.3 Å². The van der Waals surface area contributed by atoms with Crippen LogP contribution in [0.4, 0.5) is 5.69 Å². The highest BCUT2D eigenvalue weighted by atomic mass is 16.5.